The molecule has 0 aromatic heterocycles. The zero-order chi connectivity index (χ0) is 12.1. The number of benzene rings is 1. The molecule has 1 nitrogen and oxygen atoms in total. The molecule has 1 aliphatic carbocycles. The molecule has 0 heterocycles. The molecule has 0 aliphatic heterocycles. The van der Waals surface area contributed by atoms with E-state index in [9.17, 15) is 13.6 Å². The Kier molecular flexibility index (Phi) is 2.37. The van der Waals surface area contributed by atoms with E-state index in [4.69, 9.17) is 0 Å². The summed E-state index contributed by atoms with van der Waals surface area (Å²) < 4.78 is 26.9. The van der Waals surface area contributed by atoms with Gasteiger partial charge >= 0.3 is 0 Å². The first-order valence-electron chi connectivity index (χ1n) is 5.33. The lowest BCUT2D eigenvalue weighted by atomic mass is 9.99. The fourth-order valence-corrected chi connectivity index (χ4v) is 1.94. The van der Waals surface area contributed by atoms with Crippen LogP contribution in [0.25, 0.3) is 0 Å². The number of halogens is 2. The fourth-order valence-electron chi connectivity index (χ4n) is 1.94. The molecule has 0 N–H and O–H groups in total. The fraction of sp³-hybridized carbons (Fsp3) is 0.462. The molecule has 16 heavy (non-hydrogen) atoms. The highest BCUT2D eigenvalue weighted by molar-refractivity contribution is 6.00. The third-order valence-electron chi connectivity index (χ3n) is 3.37. The van der Waals surface area contributed by atoms with Crippen LogP contribution in [0.1, 0.15) is 36.2 Å². The molecule has 1 aromatic rings. The number of rotatable bonds is 2. The molecule has 1 unspecified atom stereocenters. The van der Waals surface area contributed by atoms with Gasteiger partial charge in [0.2, 0.25) is 0 Å². The van der Waals surface area contributed by atoms with E-state index in [2.05, 4.69) is 0 Å². The SMILES string of the molecule is Cc1ccc(C(=O)C2CC2(C)C)c(F)c1F. The predicted molar refractivity (Wildman–Crippen MR) is 57.3 cm³/mol. The molecule has 0 radical (unpaired) electrons. The molecular formula is C13H14F2O. The van der Waals surface area contributed by atoms with E-state index in [1.807, 2.05) is 13.8 Å². The average Bonchev–Trinajstić information content (AvgIpc) is 2.84. The number of carbonyl (C=O) groups is 1. The van der Waals surface area contributed by atoms with Crippen LogP contribution < -0.4 is 0 Å². The first-order valence-corrected chi connectivity index (χ1v) is 5.33. The molecule has 1 atom stereocenters. The summed E-state index contributed by atoms with van der Waals surface area (Å²) in [6.07, 6.45) is 0.751. The van der Waals surface area contributed by atoms with Crippen LogP contribution in [-0.2, 0) is 0 Å². The zero-order valence-corrected chi connectivity index (χ0v) is 9.60. The van der Waals surface area contributed by atoms with Crippen LogP contribution in [0.3, 0.4) is 0 Å². The Labute approximate surface area is 93.5 Å². The van der Waals surface area contributed by atoms with Crippen molar-refractivity contribution in [2.24, 2.45) is 11.3 Å². The van der Waals surface area contributed by atoms with Gasteiger partial charge in [0.1, 0.15) is 0 Å². The second-order valence-electron chi connectivity index (χ2n) is 5.17. The molecule has 1 aliphatic rings. The van der Waals surface area contributed by atoms with Crippen molar-refractivity contribution >= 4 is 5.78 Å². The summed E-state index contributed by atoms with van der Waals surface area (Å²) in [5.41, 5.74) is 0.0491. The summed E-state index contributed by atoms with van der Waals surface area (Å²) >= 11 is 0. The lowest BCUT2D eigenvalue weighted by Crippen LogP contribution is -2.10. The molecule has 1 aromatic carbocycles. The van der Waals surface area contributed by atoms with Crippen LogP contribution in [-0.4, -0.2) is 5.78 Å². The highest BCUT2D eigenvalue weighted by Crippen LogP contribution is 2.53. The van der Waals surface area contributed by atoms with Crippen molar-refractivity contribution in [2.75, 3.05) is 0 Å². The Morgan fingerprint density at radius 1 is 1.31 bits per heavy atom. The molecule has 0 bridgehead atoms. The van der Waals surface area contributed by atoms with Gasteiger partial charge in [-0.25, -0.2) is 8.78 Å². The maximum Gasteiger partial charge on any atom is 0.169 e. The van der Waals surface area contributed by atoms with Gasteiger partial charge in [0, 0.05) is 5.92 Å². The topological polar surface area (TPSA) is 17.1 Å². The van der Waals surface area contributed by atoms with Crippen molar-refractivity contribution in [1.82, 2.24) is 0 Å². The number of hydrogen-bond acceptors (Lipinski definition) is 1. The van der Waals surface area contributed by atoms with E-state index < -0.39 is 11.6 Å². The zero-order valence-electron chi connectivity index (χ0n) is 9.60. The van der Waals surface area contributed by atoms with Crippen LogP contribution in [0.4, 0.5) is 8.78 Å². The van der Waals surface area contributed by atoms with Crippen molar-refractivity contribution in [1.29, 1.82) is 0 Å². The third kappa shape index (κ3) is 1.64. The second kappa shape index (κ2) is 3.37. The molecule has 2 rings (SSSR count). The highest BCUT2D eigenvalue weighted by Gasteiger charge is 2.51. The van der Waals surface area contributed by atoms with E-state index in [-0.39, 0.29) is 28.2 Å². The lowest BCUT2D eigenvalue weighted by molar-refractivity contribution is 0.0948. The third-order valence-corrected chi connectivity index (χ3v) is 3.37. The minimum Gasteiger partial charge on any atom is -0.294 e. The Balaban J connectivity index is 2.36. The van der Waals surface area contributed by atoms with Crippen molar-refractivity contribution in [2.45, 2.75) is 27.2 Å². The standard InChI is InChI=1S/C13H14F2O/c1-7-4-5-8(11(15)10(7)14)12(16)9-6-13(9,2)3/h4-5,9H,6H2,1-3H3. The lowest BCUT2D eigenvalue weighted by Gasteiger charge is -2.06. The molecule has 0 amide bonds. The largest absolute Gasteiger partial charge is 0.294 e. The molecule has 0 spiro atoms. The van der Waals surface area contributed by atoms with Crippen LogP contribution >= 0.6 is 0 Å². The first-order chi connectivity index (χ1) is 7.34. The Bertz CT molecular complexity index is 463. The Morgan fingerprint density at radius 3 is 2.38 bits per heavy atom. The van der Waals surface area contributed by atoms with E-state index in [0.29, 0.717) is 0 Å². The summed E-state index contributed by atoms with van der Waals surface area (Å²) in [5.74, 6) is -2.36. The van der Waals surface area contributed by atoms with Crippen LogP contribution in [0.5, 0.6) is 0 Å². The molecular weight excluding hydrogens is 210 g/mol. The molecule has 0 saturated heterocycles. The summed E-state index contributed by atoms with van der Waals surface area (Å²) in [5, 5.41) is 0. The smallest absolute Gasteiger partial charge is 0.169 e. The summed E-state index contributed by atoms with van der Waals surface area (Å²) in [6, 6.07) is 2.82. The van der Waals surface area contributed by atoms with Crippen molar-refractivity contribution < 1.29 is 13.6 Å². The number of carbonyl (C=O) groups excluding carboxylic acids is 1. The van der Waals surface area contributed by atoms with Gasteiger partial charge in [-0.3, -0.25) is 4.79 Å². The molecule has 3 heteroatoms. The number of ketones is 1. The summed E-state index contributed by atoms with van der Waals surface area (Å²) in [7, 11) is 0. The average molecular weight is 224 g/mol. The van der Waals surface area contributed by atoms with Crippen LogP contribution in [0.2, 0.25) is 0 Å². The van der Waals surface area contributed by atoms with Crippen LogP contribution in [0.15, 0.2) is 12.1 Å². The molecule has 1 fully saturated rings. The first kappa shape index (κ1) is 11.2. The Morgan fingerprint density at radius 2 is 1.88 bits per heavy atom. The van der Waals surface area contributed by atoms with Gasteiger partial charge in [-0.2, -0.15) is 0 Å². The van der Waals surface area contributed by atoms with E-state index in [1.54, 1.807) is 0 Å². The minimum atomic E-state index is -1.01. The number of aryl methyl sites for hydroxylation is 1. The van der Waals surface area contributed by atoms with Crippen molar-refractivity contribution in [3.8, 4) is 0 Å². The Hall–Kier alpha value is -1.25. The number of Topliss-reactive ketones (excluding diaryl/α,β-unsaturated/α-hetero) is 1. The van der Waals surface area contributed by atoms with Crippen molar-refractivity contribution in [3.05, 3.63) is 34.9 Å². The highest BCUT2D eigenvalue weighted by atomic mass is 19.2. The van der Waals surface area contributed by atoms with E-state index >= 15 is 0 Å². The quantitative estimate of drug-likeness (QED) is 0.702. The van der Waals surface area contributed by atoms with Gasteiger partial charge in [0.15, 0.2) is 17.4 Å². The minimum absolute atomic E-state index is 0.0646. The van der Waals surface area contributed by atoms with Gasteiger partial charge < -0.3 is 0 Å². The summed E-state index contributed by atoms with van der Waals surface area (Å²) in [6.45, 7) is 5.39. The van der Waals surface area contributed by atoms with Gasteiger partial charge in [0.25, 0.3) is 0 Å². The van der Waals surface area contributed by atoms with Gasteiger partial charge in [-0.1, -0.05) is 19.9 Å². The predicted octanol–water partition coefficient (Wildman–Crippen LogP) is 3.50. The second-order valence-corrected chi connectivity index (χ2v) is 5.17. The molecule has 1 saturated carbocycles. The monoisotopic (exact) mass is 224 g/mol. The van der Waals surface area contributed by atoms with E-state index in [1.165, 1.54) is 19.1 Å². The van der Waals surface area contributed by atoms with Crippen LogP contribution in [0, 0.1) is 29.9 Å². The maximum atomic E-state index is 13.6. The summed E-state index contributed by atoms with van der Waals surface area (Å²) in [4.78, 5) is 11.9. The van der Waals surface area contributed by atoms with E-state index in [0.717, 1.165) is 6.42 Å². The van der Waals surface area contributed by atoms with Gasteiger partial charge in [0.05, 0.1) is 5.56 Å². The normalized spacial score (nSPS) is 21.9. The number of hydrogen-bond donors (Lipinski definition) is 0. The molecule has 86 valence electrons. The van der Waals surface area contributed by atoms with Gasteiger partial charge in [-0.15, -0.1) is 0 Å². The van der Waals surface area contributed by atoms with Gasteiger partial charge in [-0.05, 0) is 30.4 Å². The maximum absolute atomic E-state index is 13.6. The van der Waals surface area contributed by atoms with Crippen molar-refractivity contribution in [3.63, 3.8) is 0 Å².